The van der Waals surface area contributed by atoms with Crippen molar-refractivity contribution in [3.05, 3.63) is 66.0 Å². The summed E-state index contributed by atoms with van der Waals surface area (Å²) in [6.45, 7) is 9.58. The molecule has 2 aromatic rings. The number of aliphatic hydroxyl groups is 1. The van der Waals surface area contributed by atoms with Crippen LogP contribution in [0, 0.1) is 11.8 Å². The summed E-state index contributed by atoms with van der Waals surface area (Å²) in [7, 11) is 0. The van der Waals surface area contributed by atoms with E-state index < -0.39 is 29.8 Å². The van der Waals surface area contributed by atoms with Gasteiger partial charge in [0.2, 0.25) is 5.91 Å². The molecule has 0 unspecified atom stereocenters. The molecule has 1 aromatic carbocycles. The summed E-state index contributed by atoms with van der Waals surface area (Å²) in [6.07, 6.45) is 0.774. The SMILES string of the molecule is CC(C)[C@H](C[C@H](O)[C@H](Cc1ccccc1)NC(=O)OC(C)(C)C)C(=O)NCc1ccccn1. The van der Waals surface area contributed by atoms with E-state index in [1.165, 1.54) is 0 Å². The van der Waals surface area contributed by atoms with Crippen molar-refractivity contribution in [1.29, 1.82) is 0 Å². The summed E-state index contributed by atoms with van der Waals surface area (Å²) in [5.41, 5.74) is 1.08. The molecule has 1 aromatic heterocycles. The van der Waals surface area contributed by atoms with E-state index in [9.17, 15) is 14.7 Å². The first-order valence-corrected chi connectivity index (χ1v) is 11.4. The van der Waals surface area contributed by atoms with Crippen LogP contribution in [0.3, 0.4) is 0 Å². The van der Waals surface area contributed by atoms with Gasteiger partial charge in [0.05, 0.1) is 24.4 Å². The maximum atomic E-state index is 12.9. The minimum absolute atomic E-state index is 0.00212. The van der Waals surface area contributed by atoms with Gasteiger partial charge < -0.3 is 20.5 Å². The highest BCUT2D eigenvalue weighted by Gasteiger charge is 2.31. The largest absolute Gasteiger partial charge is 0.444 e. The van der Waals surface area contributed by atoms with Crippen molar-refractivity contribution in [3.8, 4) is 0 Å². The van der Waals surface area contributed by atoms with Crippen LogP contribution in [0.5, 0.6) is 0 Å². The molecule has 2 rings (SSSR count). The van der Waals surface area contributed by atoms with Gasteiger partial charge in [-0.1, -0.05) is 50.2 Å². The molecule has 3 atom stereocenters. The average Bonchev–Trinajstić information content (AvgIpc) is 2.75. The molecule has 3 N–H and O–H groups in total. The number of nitrogens with one attached hydrogen (secondary N) is 2. The molecule has 7 heteroatoms. The molecule has 0 saturated carbocycles. The third kappa shape index (κ3) is 9.61. The average molecular weight is 456 g/mol. The van der Waals surface area contributed by atoms with Crippen molar-refractivity contribution in [1.82, 2.24) is 15.6 Å². The number of rotatable bonds is 10. The lowest BCUT2D eigenvalue weighted by atomic mass is 9.86. The number of carbonyl (C=O) groups is 2. The Balaban J connectivity index is 2.09. The van der Waals surface area contributed by atoms with Gasteiger partial charge >= 0.3 is 6.09 Å². The van der Waals surface area contributed by atoms with E-state index in [4.69, 9.17) is 4.74 Å². The molecule has 0 fully saturated rings. The van der Waals surface area contributed by atoms with E-state index >= 15 is 0 Å². The summed E-state index contributed by atoms with van der Waals surface area (Å²) in [5, 5.41) is 16.8. The molecule has 0 aliphatic heterocycles. The van der Waals surface area contributed by atoms with E-state index in [1.54, 1.807) is 27.0 Å². The Kier molecular flexibility index (Phi) is 9.85. The van der Waals surface area contributed by atoms with Crippen LogP contribution >= 0.6 is 0 Å². The van der Waals surface area contributed by atoms with Gasteiger partial charge in [-0.15, -0.1) is 0 Å². The fraction of sp³-hybridized carbons (Fsp3) is 0.500. The Morgan fingerprint density at radius 2 is 1.73 bits per heavy atom. The van der Waals surface area contributed by atoms with Crippen LogP contribution in [-0.2, 0) is 22.5 Å². The number of nitrogens with zero attached hydrogens (tertiary/aromatic N) is 1. The standard InChI is InChI=1S/C26H37N3O4/c1-18(2)21(24(31)28-17-20-13-9-10-14-27-20)16-23(30)22(15-19-11-7-6-8-12-19)29-25(32)33-26(3,4)5/h6-14,18,21-23,30H,15-17H2,1-5H3,(H,28,31)(H,29,32)/t21-,22-,23-/m0/s1. The second-order valence-corrected chi connectivity index (χ2v) is 9.63. The predicted octanol–water partition coefficient (Wildman–Crippen LogP) is 3.86. The van der Waals surface area contributed by atoms with Gasteiger partial charge in [0.1, 0.15) is 5.60 Å². The molecular formula is C26H37N3O4. The number of aliphatic hydroxyl groups excluding tert-OH is 1. The quantitative estimate of drug-likeness (QED) is 0.505. The molecule has 180 valence electrons. The van der Waals surface area contributed by atoms with Gasteiger partial charge in [-0.05, 0) is 57.2 Å². The van der Waals surface area contributed by atoms with Crippen molar-refractivity contribution in [2.75, 3.05) is 0 Å². The molecular weight excluding hydrogens is 418 g/mol. The normalized spacial score (nSPS) is 14.3. The zero-order chi connectivity index (χ0) is 24.4. The zero-order valence-corrected chi connectivity index (χ0v) is 20.2. The number of hydrogen-bond donors (Lipinski definition) is 3. The fourth-order valence-corrected chi connectivity index (χ4v) is 3.53. The highest BCUT2D eigenvalue weighted by molar-refractivity contribution is 5.78. The van der Waals surface area contributed by atoms with Crippen LogP contribution in [0.2, 0.25) is 0 Å². The van der Waals surface area contributed by atoms with Crippen LogP contribution in [0.25, 0.3) is 0 Å². The molecule has 1 heterocycles. The van der Waals surface area contributed by atoms with Crippen molar-refractivity contribution in [3.63, 3.8) is 0 Å². The smallest absolute Gasteiger partial charge is 0.407 e. The molecule has 2 amide bonds. The van der Waals surface area contributed by atoms with E-state index in [-0.39, 0.29) is 18.2 Å². The number of ether oxygens (including phenoxy) is 1. The second-order valence-electron chi connectivity index (χ2n) is 9.63. The maximum absolute atomic E-state index is 12.9. The lowest BCUT2D eigenvalue weighted by Crippen LogP contribution is -2.48. The van der Waals surface area contributed by atoms with Crippen molar-refractivity contribution >= 4 is 12.0 Å². The highest BCUT2D eigenvalue weighted by Crippen LogP contribution is 2.21. The Morgan fingerprint density at radius 3 is 2.30 bits per heavy atom. The summed E-state index contributed by atoms with van der Waals surface area (Å²) in [6, 6.07) is 14.6. The monoisotopic (exact) mass is 455 g/mol. The first-order chi connectivity index (χ1) is 15.5. The third-order valence-corrected chi connectivity index (χ3v) is 5.27. The molecule has 0 aliphatic rings. The molecule has 0 aliphatic carbocycles. The van der Waals surface area contributed by atoms with Gasteiger partial charge in [-0.25, -0.2) is 4.79 Å². The molecule has 33 heavy (non-hydrogen) atoms. The van der Waals surface area contributed by atoms with Crippen molar-refractivity contribution in [2.45, 2.75) is 71.8 Å². The van der Waals surface area contributed by atoms with E-state index in [2.05, 4.69) is 15.6 Å². The Bertz CT molecular complexity index is 866. The van der Waals surface area contributed by atoms with E-state index in [0.717, 1.165) is 11.3 Å². The number of hydrogen-bond acceptors (Lipinski definition) is 5. The van der Waals surface area contributed by atoms with Crippen LogP contribution in [0.15, 0.2) is 54.7 Å². The first-order valence-electron chi connectivity index (χ1n) is 11.4. The number of amides is 2. The summed E-state index contributed by atoms with van der Waals surface area (Å²) in [5.74, 6) is -0.574. The summed E-state index contributed by atoms with van der Waals surface area (Å²) < 4.78 is 5.40. The molecule has 0 spiro atoms. The van der Waals surface area contributed by atoms with E-state index in [1.807, 2.05) is 62.4 Å². The maximum Gasteiger partial charge on any atom is 0.407 e. The lowest BCUT2D eigenvalue weighted by molar-refractivity contribution is -0.127. The Labute approximate surface area is 197 Å². The van der Waals surface area contributed by atoms with Gasteiger partial charge in [0, 0.05) is 12.1 Å². The lowest BCUT2D eigenvalue weighted by Gasteiger charge is -2.30. The van der Waals surface area contributed by atoms with Gasteiger partial charge in [-0.3, -0.25) is 9.78 Å². The number of alkyl carbamates (subject to hydrolysis) is 1. The Hall–Kier alpha value is -2.93. The molecule has 0 bridgehead atoms. The summed E-state index contributed by atoms with van der Waals surface area (Å²) in [4.78, 5) is 29.6. The topological polar surface area (TPSA) is 101 Å². The van der Waals surface area contributed by atoms with Crippen molar-refractivity contribution in [2.24, 2.45) is 11.8 Å². The highest BCUT2D eigenvalue weighted by atomic mass is 16.6. The number of carbonyl (C=O) groups excluding carboxylic acids is 2. The van der Waals surface area contributed by atoms with Crippen molar-refractivity contribution < 1.29 is 19.4 Å². The minimum atomic E-state index is -0.939. The van der Waals surface area contributed by atoms with Gasteiger partial charge in [-0.2, -0.15) is 0 Å². The number of benzene rings is 1. The van der Waals surface area contributed by atoms with Crippen LogP contribution in [0.1, 0.15) is 52.3 Å². The Morgan fingerprint density at radius 1 is 1.06 bits per heavy atom. The first kappa shape index (κ1) is 26.3. The zero-order valence-electron chi connectivity index (χ0n) is 20.2. The van der Waals surface area contributed by atoms with Crippen LogP contribution in [0.4, 0.5) is 4.79 Å². The van der Waals surface area contributed by atoms with Crippen LogP contribution in [-0.4, -0.2) is 39.8 Å². The minimum Gasteiger partial charge on any atom is -0.444 e. The molecule has 7 nitrogen and oxygen atoms in total. The van der Waals surface area contributed by atoms with Gasteiger partial charge in [0.15, 0.2) is 0 Å². The van der Waals surface area contributed by atoms with Crippen LogP contribution < -0.4 is 10.6 Å². The molecule has 0 saturated heterocycles. The van der Waals surface area contributed by atoms with Gasteiger partial charge in [0.25, 0.3) is 0 Å². The second kappa shape index (κ2) is 12.3. The summed E-state index contributed by atoms with van der Waals surface area (Å²) >= 11 is 0. The third-order valence-electron chi connectivity index (χ3n) is 5.27. The predicted molar refractivity (Wildman–Crippen MR) is 128 cm³/mol. The fourth-order valence-electron chi connectivity index (χ4n) is 3.53. The number of aromatic nitrogens is 1. The van der Waals surface area contributed by atoms with E-state index in [0.29, 0.717) is 13.0 Å². The number of pyridine rings is 1. The molecule has 0 radical (unpaired) electrons.